The number of hydrogen-bond acceptors (Lipinski definition) is 6. The number of pyridine rings is 1. The molecule has 0 amide bonds. The van der Waals surface area contributed by atoms with E-state index in [4.69, 9.17) is 10.7 Å². The minimum Gasteiger partial charge on any atom is -0.379 e. The number of hydrogen-bond donors (Lipinski definition) is 2. The first-order valence-corrected chi connectivity index (χ1v) is 8.56. The van der Waals surface area contributed by atoms with Gasteiger partial charge in [0.2, 0.25) is 0 Å². The van der Waals surface area contributed by atoms with E-state index in [9.17, 15) is 5.26 Å². The van der Waals surface area contributed by atoms with E-state index >= 15 is 0 Å². The zero-order valence-corrected chi connectivity index (χ0v) is 14.6. The van der Waals surface area contributed by atoms with Crippen molar-refractivity contribution in [1.29, 1.82) is 5.26 Å². The van der Waals surface area contributed by atoms with E-state index in [1.807, 2.05) is 36.4 Å². The van der Waals surface area contributed by atoms with Gasteiger partial charge in [-0.15, -0.1) is 0 Å². The number of anilines is 2. The second-order valence-corrected chi connectivity index (χ2v) is 6.32. The van der Waals surface area contributed by atoms with Gasteiger partial charge in [0.25, 0.3) is 0 Å². The third-order valence-corrected chi connectivity index (χ3v) is 4.56. The highest BCUT2D eigenvalue weighted by molar-refractivity contribution is 5.49. The summed E-state index contributed by atoms with van der Waals surface area (Å²) in [6.07, 6.45) is 0. The Morgan fingerprint density at radius 1 is 1.12 bits per heavy atom. The molecule has 1 saturated heterocycles. The first-order chi connectivity index (χ1) is 12.2. The lowest BCUT2D eigenvalue weighted by atomic mass is 10.1. The number of nitriles is 1. The molecular formula is C19H24N6. The van der Waals surface area contributed by atoms with Crippen LogP contribution in [0.3, 0.4) is 0 Å². The maximum absolute atomic E-state index is 9.37. The van der Waals surface area contributed by atoms with E-state index in [1.54, 1.807) is 0 Å². The van der Waals surface area contributed by atoms with Crippen LogP contribution in [0.15, 0.2) is 36.4 Å². The van der Waals surface area contributed by atoms with Gasteiger partial charge >= 0.3 is 0 Å². The van der Waals surface area contributed by atoms with Crippen LogP contribution in [-0.4, -0.2) is 43.1 Å². The van der Waals surface area contributed by atoms with E-state index in [-0.39, 0.29) is 0 Å². The molecule has 0 radical (unpaired) electrons. The predicted octanol–water partition coefficient (Wildman–Crippen LogP) is 1.78. The fourth-order valence-electron chi connectivity index (χ4n) is 2.88. The largest absolute Gasteiger partial charge is 0.379 e. The summed E-state index contributed by atoms with van der Waals surface area (Å²) in [5.41, 5.74) is 9.11. The number of piperazine rings is 1. The number of rotatable bonds is 5. The Morgan fingerprint density at radius 3 is 2.48 bits per heavy atom. The molecule has 0 spiro atoms. The highest BCUT2D eigenvalue weighted by Gasteiger charge is 2.16. The van der Waals surface area contributed by atoms with Crippen LogP contribution in [0.25, 0.3) is 0 Å². The van der Waals surface area contributed by atoms with Gasteiger partial charge in [-0.05, 0) is 36.9 Å². The predicted molar refractivity (Wildman–Crippen MR) is 100 cm³/mol. The van der Waals surface area contributed by atoms with Crippen LogP contribution in [0.2, 0.25) is 0 Å². The van der Waals surface area contributed by atoms with Crippen LogP contribution in [0.1, 0.15) is 16.8 Å². The summed E-state index contributed by atoms with van der Waals surface area (Å²) >= 11 is 0. The van der Waals surface area contributed by atoms with Crippen molar-refractivity contribution >= 4 is 11.5 Å². The molecule has 1 aromatic heterocycles. The van der Waals surface area contributed by atoms with Crippen LogP contribution in [-0.2, 0) is 13.1 Å². The lowest BCUT2D eigenvalue weighted by Crippen LogP contribution is -2.44. The second-order valence-electron chi connectivity index (χ2n) is 6.32. The maximum Gasteiger partial charge on any atom is 0.129 e. The molecule has 3 N–H and O–H groups in total. The molecule has 0 saturated carbocycles. The van der Waals surface area contributed by atoms with E-state index in [0.717, 1.165) is 48.9 Å². The first-order valence-electron chi connectivity index (χ1n) is 8.56. The van der Waals surface area contributed by atoms with Gasteiger partial charge in [0.1, 0.15) is 11.9 Å². The number of aromatic nitrogens is 1. The Balaban J connectivity index is 1.72. The molecule has 3 rings (SSSR count). The highest BCUT2D eigenvalue weighted by Crippen LogP contribution is 2.18. The molecule has 0 aliphatic carbocycles. The lowest BCUT2D eigenvalue weighted by molar-refractivity contribution is 0.312. The average Bonchev–Trinajstić information content (AvgIpc) is 2.67. The van der Waals surface area contributed by atoms with Gasteiger partial charge in [0.15, 0.2) is 0 Å². The van der Waals surface area contributed by atoms with Crippen LogP contribution in [0.4, 0.5) is 11.5 Å². The van der Waals surface area contributed by atoms with Crippen molar-refractivity contribution in [2.24, 2.45) is 5.73 Å². The molecule has 1 fully saturated rings. The lowest BCUT2D eigenvalue weighted by Gasteiger charge is -2.33. The summed E-state index contributed by atoms with van der Waals surface area (Å²) in [6.45, 7) is 5.04. The Morgan fingerprint density at radius 2 is 1.84 bits per heavy atom. The molecule has 2 heterocycles. The van der Waals surface area contributed by atoms with Crippen LogP contribution < -0.4 is 16.0 Å². The SMILES string of the molecule is CN1CCN(c2ccc(C#N)c(CNc3ccc(CN)cc3)n2)CC1. The first kappa shape index (κ1) is 17.2. The zero-order valence-electron chi connectivity index (χ0n) is 14.6. The van der Waals surface area contributed by atoms with Crippen molar-refractivity contribution in [3.8, 4) is 6.07 Å². The van der Waals surface area contributed by atoms with E-state index < -0.39 is 0 Å². The van der Waals surface area contributed by atoms with Crippen LogP contribution in [0, 0.1) is 11.3 Å². The molecule has 6 heteroatoms. The number of nitrogens with zero attached hydrogens (tertiary/aromatic N) is 4. The summed E-state index contributed by atoms with van der Waals surface area (Å²) in [5, 5.41) is 12.7. The summed E-state index contributed by atoms with van der Waals surface area (Å²) in [4.78, 5) is 9.34. The van der Waals surface area contributed by atoms with Gasteiger partial charge < -0.3 is 20.9 Å². The second kappa shape index (κ2) is 7.97. The summed E-state index contributed by atoms with van der Waals surface area (Å²) in [7, 11) is 2.13. The van der Waals surface area contributed by atoms with E-state index in [2.05, 4.69) is 28.2 Å². The van der Waals surface area contributed by atoms with Gasteiger partial charge in [0, 0.05) is 38.4 Å². The van der Waals surface area contributed by atoms with Crippen molar-refractivity contribution in [3.05, 3.63) is 53.2 Å². The summed E-state index contributed by atoms with van der Waals surface area (Å²) in [6, 6.07) is 14.1. The van der Waals surface area contributed by atoms with Gasteiger partial charge in [0.05, 0.1) is 17.8 Å². The fourth-order valence-corrected chi connectivity index (χ4v) is 2.88. The highest BCUT2D eigenvalue weighted by atomic mass is 15.3. The van der Waals surface area contributed by atoms with Crippen molar-refractivity contribution in [2.75, 3.05) is 43.4 Å². The molecule has 1 aliphatic heterocycles. The van der Waals surface area contributed by atoms with Gasteiger partial charge in [-0.2, -0.15) is 5.26 Å². The quantitative estimate of drug-likeness (QED) is 0.866. The number of likely N-dealkylation sites (N-methyl/N-ethyl adjacent to an activating group) is 1. The third kappa shape index (κ3) is 4.27. The smallest absolute Gasteiger partial charge is 0.129 e. The van der Waals surface area contributed by atoms with E-state index in [1.165, 1.54) is 0 Å². The fraction of sp³-hybridized carbons (Fsp3) is 0.368. The minimum absolute atomic E-state index is 0.520. The standard InChI is InChI=1S/C19H24N6/c1-24-8-10-25(11-9-24)19-7-4-16(13-21)18(23-19)14-22-17-5-2-15(12-20)3-6-17/h2-7,22H,8-12,14,20H2,1H3. The Kier molecular flexibility index (Phi) is 5.49. The molecule has 130 valence electrons. The number of nitrogens with two attached hydrogens (primary N) is 1. The molecule has 1 aromatic carbocycles. The zero-order chi connectivity index (χ0) is 17.6. The number of benzene rings is 1. The molecule has 0 bridgehead atoms. The Labute approximate surface area is 148 Å². The van der Waals surface area contributed by atoms with Crippen molar-refractivity contribution < 1.29 is 0 Å². The topological polar surface area (TPSA) is 81.2 Å². The molecule has 25 heavy (non-hydrogen) atoms. The van der Waals surface area contributed by atoms with Crippen molar-refractivity contribution in [2.45, 2.75) is 13.1 Å². The Hall–Kier alpha value is -2.62. The molecule has 1 aliphatic rings. The van der Waals surface area contributed by atoms with Gasteiger partial charge in [-0.3, -0.25) is 0 Å². The normalized spacial score (nSPS) is 15.0. The monoisotopic (exact) mass is 336 g/mol. The maximum atomic E-state index is 9.37. The average molecular weight is 336 g/mol. The Bertz CT molecular complexity index is 741. The van der Waals surface area contributed by atoms with Crippen molar-refractivity contribution in [3.63, 3.8) is 0 Å². The summed E-state index contributed by atoms with van der Waals surface area (Å²) < 4.78 is 0. The third-order valence-electron chi connectivity index (χ3n) is 4.56. The molecular weight excluding hydrogens is 312 g/mol. The van der Waals surface area contributed by atoms with Gasteiger partial charge in [-0.1, -0.05) is 12.1 Å². The summed E-state index contributed by atoms with van der Waals surface area (Å²) in [5.74, 6) is 0.947. The van der Waals surface area contributed by atoms with E-state index in [0.29, 0.717) is 18.7 Å². The molecule has 6 nitrogen and oxygen atoms in total. The van der Waals surface area contributed by atoms with Crippen LogP contribution >= 0.6 is 0 Å². The number of nitrogens with one attached hydrogen (secondary N) is 1. The molecule has 0 unspecified atom stereocenters. The molecule has 2 aromatic rings. The molecule has 0 atom stereocenters. The van der Waals surface area contributed by atoms with Gasteiger partial charge in [-0.25, -0.2) is 4.98 Å². The van der Waals surface area contributed by atoms with Crippen LogP contribution in [0.5, 0.6) is 0 Å². The van der Waals surface area contributed by atoms with Crippen molar-refractivity contribution in [1.82, 2.24) is 9.88 Å². The minimum atomic E-state index is 0.520.